The van der Waals surface area contributed by atoms with Gasteiger partial charge in [-0.1, -0.05) is 30.3 Å². The highest BCUT2D eigenvalue weighted by Gasteiger charge is 2.31. The van der Waals surface area contributed by atoms with Crippen molar-refractivity contribution in [2.75, 3.05) is 20.7 Å². The van der Waals surface area contributed by atoms with Crippen molar-refractivity contribution in [2.45, 2.75) is 25.3 Å². The summed E-state index contributed by atoms with van der Waals surface area (Å²) in [4.78, 5) is 26.7. The Morgan fingerprint density at radius 1 is 1.08 bits per heavy atom. The normalized spacial score (nSPS) is 16.8. The number of hydrogen-bond donors (Lipinski definition) is 1. The fourth-order valence-electron chi connectivity index (χ4n) is 3.46. The third-order valence-electron chi connectivity index (χ3n) is 4.86. The summed E-state index contributed by atoms with van der Waals surface area (Å²) in [6.07, 6.45) is 2.61. The van der Waals surface area contributed by atoms with E-state index in [2.05, 4.69) is 5.32 Å². The van der Waals surface area contributed by atoms with Crippen molar-refractivity contribution >= 4 is 11.8 Å². The van der Waals surface area contributed by atoms with E-state index in [9.17, 15) is 9.59 Å². The van der Waals surface area contributed by atoms with Gasteiger partial charge in [-0.05, 0) is 43.0 Å². The van der Waals surface area contributed by atoms with Crippen LogP contribution in [0.5, 0.6) is 5.75 Å². The minimum absolute atomic E-state index is 0.0927. The lowest BCUT2D eigenvalue weighted by Crippen LogP contribution is -2.51. The van der Waals surface area contributed by atoms with Crippen LogP contribution in [-0.2, 0) is 4.79 Å². The van der Waals surface area contributed by atoms with E-state index in [-0.39, 0.29) is 17.9 Å². The monoisotopic (exact) mass is 352 g/mol. The molecule has 1 fully saturated rings. The van der Waals surface area contributed by atoms with Gasteiger partial charge in [0.15, 0.2) is 0 Å². The number of nitrogens with one attached hydrogen (secondary N) is 1. The SMILES string of the molecule is CNC(=O)[C@@H]1CCCCN1C(=O)c1ccc(-c2ccccc2OC)cc1. The maximum absolute atomic E-state index is 12.9. The van der Waals surface area contributed by atoms with Crippen molar-refractivity contribution in [2.24, 2.45) is 0 Å². The van der Waals surface area contributed by atoms with Gasteiger partial charge in [-0.3, -0.25) is 9.59 Å². The fraction of sp³-hybridized carbons (Fsp3) is 0.333. The molecule has 136 valence electrons. The minimum atomic E-state index is -0.379. The summed E-state index contributed by atoms with van der Waals surface area (Å²) >= 11 is 0. The molecule has 0 unspecified atom stereocenters. The number of amides is 2. The molecule has 0 aromatic heterocycles. The summed E-state index contributed by atoms with van der Waals surface area (Å²) in [5.74, 6) is 0.607. The number of likely N-dealkylation sites (tertiary alicyclic amines) is 1. The van der Waals surface area contributed by atoms with Crippen LogP contribution < -0.4 is 10.1 Å². The molecule has 0 bridgehead atoms. The molecule has 26 heavy (non-hydrogen) atoms. The number of hydrogen-bond acceptors (Lipinski definition) is 3. The number of benzene rings is 2. The van der Waals surface area contributed by atoms with E-state index in [1.807, 2.05) is 48.5 Å². The highest BCUT2D eigenvalue weighted by molar-refractivity contribution is 5.98. The van der Waals surface area contributed by atoms with E-state index in [1.165, 1.54) is 0 Å². The molecule has 1 aliphatic heterocycles. The molecule has 0 aliphatic carbocycles. The molecule has 5 heteroatoms. The summed E-state index contributed by atoms with van der Waals surface area (Å²) in [5.41, 5.74) is 2.56. The Labute approximate surface area is 154 Å². The molecule has 2 aromatic rings. The van der Waals surface area contributed by atoms with Gasteiger partial charge in [0.05, 0.1) is 7.11 Å². The first kappa shape index (κ1) is 18.0. The maximum atomic E-state index is 12.9. The number of methoxy groups -OCH3 is 1. The average molecular weight is 352 g/mol. The zero-order chi connectivity index (χ0) is 18.5. The summed E-state index contributed by atoms with van der Waals surface area (Å²) in [5, 5.41) is 2.67. The Morgan fingerprint density at radius 3 is 2.50 bits per heavy atom. The highest BCUT2D eigenvalue weighted by atomic mass is 16.5. The Bertz CT molecular complexity index is 786. The van der Waals surface area contributed by atoms with Gasteiger partial charge in [0, 0.05) is 24.7 Å². The standard InChI is InChI=1S/C21H24N2O3/c1-22-20(24)18-8-5-6-14-23(18)21(25)16-12-10-15(11-13-16)17-7-3-4-9-19(17)26-2/h3-4,7,9-13,18H,5-6,8,14H2,1-2H3,(H,22,24)/t18-/m0/s1. The Kier molecular flexibility index (Phi) is 5.56. The number of para-hydroxylation sites is 1. The number of ether oxygens (including phenoxy) is 1. The number of carbonyl (C=O) groups is 2. The second-order valence-corrected chi connectivity index (χ2v) is 6.40. The lowest BCUT2D eigenvalue weighted by Gasteiger charge is -2.34. The van der Waals surface area contributed by atoms with Crippen molar-refractivity contribution in [3.8, 4) is 16.9 Å². The Balaban J connectivity index is 1.83. The van der Waals surface area contributed by atoms with Crippen LogP contribution in [0.3, 0.4) is 0 Å². The molecule has 1 atom stereocenters. The van der Waals surface area contributed by atoms with Gasteiger partial charge in [-0.2, -0.15) is 0 Å². The fourth-order valence-corrected chi connectivity index (χ4v) is 3.46. The van der Waals surface area contributed by atoms with Crippen molar-refractivity contribution < 1.29 is 14.3 Å². The van der Waals surface area contributed by atoms with Gasteiger partial charge >= 0.3 is 0 Å². The molecular formula is C21H24N2O3. The summed E-state index contributed by atoms with van der Waals surface area (Å²) < 4.78 is 5.41. The molecule has 0 spiro atoms. The predicted molar refractivity (Wildman–Crippen MR) is 101 cm³/mol. The first-order chi connectivity index (χ1) is 12.7. The van der Waals surface area contributed by atoms with Crippen LogP contribution >= 0.6 is 0 Å². The number of carbonyl (C=O) groups excluding carboxylic acids is 2. The highest BCUT2D eigenvalue weighted by Crippen LogP contribution is 2.30. The van der Waals surface area contributed by atoms with Crippen LogP contribution in [0, 0.1) is 0 Å². The number of rotatable bonds is 4. The number of piperidine rings is 1. The third kappa shape index (κ3) is 3.57. The molecular weight excluding hydrogens is 328 g/mol. The Morgan fingerprint density at radius 2 is 1.81 bits per heavy atom. The molecule has 3 rings (SSSR count). The molecule has 2 amide bonds. The quantitative estimate of drug-likeness (QED) is 0.920. The zero-order valence-electron chi connectivity index (χ0n) is 15.2. The zero-order valence-corrected chi connectivity index (χ0v) is 15.2. The molecule has 5 nitrogen and oxygen atoms in total. The summed E-state index contributed by atoms with van der Waals surface area (Å²) in [6.45, 7) is 0.616. The minimum Gasteiger partial charge on any atom is -0.496 e. The van der Waals surface area contributed by atoms with Crippen LogP contribution in [0.2, 0.25) is 0 Å². The molecule has 1 aliphatic rings. The molecule has 0 radical (unpaired) electrons. The average Bonchev–Trinajstić information content (AvgIpc) is 2.72. The summed E-state index contributed by atoms with van der Waals surface area (Å²) in [6, 6.07) is 14.9. The first-order valence-corrected chi connectivity index (χ1v) is 8.91. The van der Waals surface area contributed by atoms with Crippen molar-refractivity contribution in [3.05, 3.63) is 54.1 Å². The van der Waals surface area contributed by atoms with Crippen molar-refractivity contribution in [1.29, 1.82) is 0 Å². The lowest BCUT2D eigenvalue weighted by molar-refractivity contribution is -0.126. The Hall–Kier alpha value is -2.82. The smallest absolute Gasteiger partial charge is 0.254 e. The van der Waals surface area contributed by atoms with E-state index in [0.717, 1.165) is 29.7 Å². The van der Waals surface area contributed by atoms with Crippen LogP contribution in [0.1, 0.15) is 29.6 Å². The molecule has 1 saturated heterocycles. The van der Waals surface area contributed by atoms with Crippen LogP contribution in [-0.4, -0.2) is 43.5 Å². The van der Waals surface area contributed by atoms with Crippen LogP contribution in [0.25, 0.3) is 11.1 Å². The van der Waals surface area contributed by atoms with Crippen molar-refractivity contribution in [1.82, 2.24) is 10.2 Å². The summed E-state index contributed by atoms with van der Waals surface area (Å²) in [7, 11) is 3.26. The van der Waals surface area contributed by atoms with Gasteiger partial charge in [0.25, 0.3) is 5.91 Å². The maximum Gasteiger partial charge on any atom is 0.254 e. The van der Waals surface area contributed by atoms with E-state index in [4.69, 9.17) is 4.74 Å². The van der Waals surface area contributed by atoms with E-state index in [1.54, 1.807) is 19.1 Å². The molecule has 0 saturated carbocycles. The number of nitrogens with zero attached hydrogens (tertiary/aromatic N) is 1. The van der Waals surface area contributed by atoms with Crippen molar-refractivity contribution in [3.63, 3.8) is 0 Å². The van der Waals surface area contributed by atoms with E-state index >= 15 is 0 Å². The van der Waals surface area contributed by atoms with Crippen LogP contribution in [0.4, 0.5) is 0 Å². The third-order valence-corrected chi connectivity index (χ3v) is 4.86. The van der Waals surface area contributed by atoms with Crippen LogP contribution in [0.15, 0.2) is 48.5 Å². The topological polar surface area (TPSA) is 58.6 Å². The lowest BCUT2D eigenvalue weighted by atomic mass is 9.99. The predicted octanol–water partition coefficient (Wildman–Crippen LogP) is 3.10. The van der Waals surface area contributed by atoms with Gasteiger partial charge in [-0.15, -0.1) is 0 Å². The van der Waals surface area contributed by atoms with Gasteiger partial charge in [0.1, 0.15) is 11.8 Å². The molecule has 2 aromatic carbocycles. The van der Waals surface area contributed by atoms with E-state index in [0.29, 0.717) is 18.5 Å². The number of likely N-dealkylation sites (N-methyl/N-ethyl adjacent to an activating group) is 1. The first-order valence-electron chi connectivity index (χ1n) is 8.91. The second kappa shape index (κ2) is 8.04. The van der Waals surface area contributed by atoms with Gasteiger partial charge in [-0.25, -0.2) is 0 Å². The molecule has 1 heterocycles. The van der Waals surface area contributed by atoms with Gasteiger partial charge < -0.3 is 15.0 Å². The molecule has 1 N–H and O–H groups in total. The largest absolute Gasteiger partial charge is 0.496 e. The van der Waals surface area contributed by atoms with Gasteiger partial charge in [0.2, 0.25) is 5.91 Å². The van der Waals surface area contributed by atoms with E-state index < -0.39 is 0 Å². The second-order valence-electron chi connectivity index (χ2n) is 6.40.